The summed E-state index contributed by atoms with van der Waals surface area (Å²) in [6.45, 7) is 25.1. The normalized spacial score (nSPS) is 29.1. The third-order valence-corrected chi connectivity index (χ3v) is 19.6. The lowest BCUT2D eigenvalue weighted by molar-refractivity contribution is -0.0830. The minimum Gasteiger partial charge on any atom is -0.389 e. The topological polar surface area (TPSA) is 15.3 Å². The van der Waals surface area contributed by atoms with Crippen molar-refractivity contribution in [3.63, 3.8) is 0 Å². The van der Waals surface area contributed by atoms with Crippen LogP contribution in [0, 0.1) is 58.2 Å². The number of likely N-dealkylation sites (tertiary alicyclic amines) is 1. The largest absolute Gasteiger partial charge is 0.389 e. The summed E-state index contributed by atoms with van der Waals surface area (Å²) in [5, 5.41) is 3.83. The van der Waals surface area contributed by atoms with Crippen LogP contribution in [0.5, 0.6) is 0 Å². The minimum absolute atomic E-state index is 0.420. The van der Waals surface area contributed by atoms with Gasteiger partial charge in [0.15, 0.2) is 0 Å². The van der Waals surface area contributed by atoms with E-state index in [0.29, 0.717) is 10.8 Å². The van der Waals surface area contributed by atoms with Gasteiger partial charge in [-0.3, -0.25) is 0 Å². The van der Waals surface area contributed by atoms with E-state index in [1.165, 1.54) is 263 Å². The molecule has 0 spiro atoms. The molecule has 9 unspecified atom stereocenters. The first-order chi connectivity index (χ1) is 31.6. The van der Waals surface area contributed by atoms with Crippen LogP contribution >= 0.6 is 0 Å². The molecule has 2 nitrogen and oxygen atoms in total. The molecule has 2 heteroatoms. The maximum Gasteiger partial charge on any atom is 0.0143 e. The molecule has 0 radical (unpaired) electrons. The second-order valence-electron chi connectivity index (χ2n) is 24.9. The van der Waals surface area contributed by atoms with Gasteiger partial charge < -0.3 is 10.2 Å². The summed E-state index contributed by atoms with van der Waals surface area (Å²) in [4.78, 5) is 2.83. The Kier molecular flexibility index (Phi) is 25.8. The van der Waals surface area contributed by atoms with E-state index in [9.17, 15) is 0 Å². The van der Waals surface area contributed by atoms with Gasteiger partial charge in [-0.05, 0) is 187 Å². The molecule has 4 aliphatic carbocycles. The smallest absolute Gasteiger partial charge is 0.0143 e. The highest BCUT2D eigenvalue weighted by Crippen LogP contribution is 2.69. The van der Waals surface area contributed by atoms with Crippen molar-refractivity contribution in [2.45, 2.75) is 279 Å². The average Bonchev–Trinajstić information content (AvgIpc) is 3.73. The predicted molar refractivity (Wildman–Crippen MR) is 288 cm³/mol. The standard InChI is InChI=1S/C63H114N2/c1-8-9-10-11-12-13-14-15-16-17-18-19-20-21-22-23-24-28-36-55(51-65-47-31-27-32-48-65)37-29-25-26-30-46-64-54(5)49-56-42-44-62(6)57(50-56)38-41-61-60-40-39-58(53(4)35-33-34-52(2)3)59(60)43-45-63(61,62)7/h15-16,38,52-53,55-56,58-61,64H,5,8-14,17-37,39-51H2,1-4,6-7H3/b16-15-. The van der Waals surface area contributed by atoms with Crippen molar-refractivity contribution in [3.05, 3.63) is 36.1 Å². The zero-order valence-electron chi connectivity index (χ0n) is 45.0. The van der Waals surface area contributed by atoms with E-state index in [1.807, 2.05) is 5.57 Å². The second-order valence-corrected chi connectivity index (χ2v) is 24.9. The molecule has 1 heterocycles. The van der Waals surface area contributed by atoms with Crippen molar-refractivity contribution < 1.29 is 0 Å². The van der Waals surface area contributed by atoms with E-state index in [-0.39, 0.29) is 0 Å². The van der Waals surface area contributed by atoms with Gasteiger partial charge in [0.2, 0.25) is 0 Å². The highest BCUT2D eigenvalue weighted by atomic mass is 15.1. The van der Waals surface area contributed by atoms with E-state index >= 15 is 0 Å². The molecule has 0 aromatic carbocycles. The van der Waals surface area contributed by atoms with Crippen LogP contribution in [-0.2, 0) is 0 Å². The highest BCUT2D eigenvalue weighted by Gasteiger charge is 2.60. The summed E-state index contributed by atoms with van der Waals surface area (Å²) in [5.41, 5.74) is 4.10. The van der Waals surface area contributed by atoms with Gasteiger partial charge in [0, 0.05) is 18.8 Å². The summed E-state index contributed by atoms with van der Waals surface area (Å²) in [5.74, 6) is 7.43. The molecule has 1 aliphatic heterocycles. The summed E-state index contributed by atoms with van der Waals surface area (Å²) >= 11 is 0. The molecule has 5 aliphatic rings. The number of fused-ring (bicyclic) bond motifs is 5. The van der Waals surface area contributed by atoms with Crippen LogP contribution in [-0.4, -0.2) is 31.1 Å². The number of unbranched alkanes of at least 4 members (excludes halogenated alkanes) is 17. The number of piperidine rings is 1. The lowest BCUT2D eigenvalue weighted by Gasteiger charge is -2.62. The van der Waals surface area contributed by atoms with Crippen LogP contribution in [0.2, 0.25) is 0 Å². The van der Waals surface area contributed by atoms with Gasteiger partial charge in [0.05, 0.1) is 0 Å². The van der Waals surface area contributed by atoms with Crippen molar-refractivity contribution >= 4 is 0 Å². The molecule has 9 atom stereocenters. The molecule has 376 valence electrons. The summed E-state index contributed by atoms with van der Waals surface area (Å²) < 4.78 is 0. The highest BCUT2D eigenvalue weighted by molar-refractivity contribution is 5.28. The van der Waals surface area contributed by atoms with Gasteiger partial charge in [0.1, 0.15) is 0 Å². The Morgan fingerprint density at radius 2 is 1.32 bits per heavy atom. The Labute approximate surface area is 408 Å². The maximum absolute atomic E-state index is 4.59. The van der Waals surface area contributed by atoms with Gasteiger partial charge >= 0.3 is 0 Å². The molecular weight excluding hydrogens is 785 g/mol. The van der Waals surface area contributed by atoms with Crippen LogP contribution in [0.15, 0.2) is 36.1 Å². The zero-order valence-corrected chi connectivity index (χ0v) is 45.0. The fourth-order valence-electron chi connectivity index (χ4n) is 15.2. The van der Waals surface area contributed by atoms with Crippen LogP contribution in [0.3, 0.4) is 0 Å². The summed E-state index contributed by atoms with van der Waals surface area (Å²) in [7, 11) is 0. The Hall–Kier alpha value is -1.02. The third kappa shape index (κ3) is 18.0. The van der Waals surface area contributed by atoms with Gasteiger partial charge in [-0.1, -0.05) is 194 Å². The van der Waals surface area contributed by atoms with E-state index in [2.05, 4.69) is 76.6 Å². The van der Waals surface area contributed by atoms with E-state index in [0.717, 1.165) is 53.9 Å². The SMILES string of the molecule is C=C(CC1CCC2(C)C(=CCC3C4CCC(C(C)CCCC(C)C)C4CCC32C)C1)NCCCCCCC(CCCCCCCCCC/C=C\CCCCCCCC)CN1CCCCC1. The molecule has 5 rings (SSSR count). The third-order valence-electron chi connectivity index (χ3n) is 19.6. The molecule has 3 saturated carbocycles. The Morgan fingerprint density at radius 3 is 1.98 bits per heavy atom. The first-order valence-electron chi connectivity index (χ1n) is 30.1. The lowest BCUT2D eigenvalue weighted by atomic mass is 9.42. The Balaban J connectivity index is 0.902. The van der Waals surface area contributed by atoms with Crippen molar-refractivity contribution in [2.24, 2.45) is 58.2 Å². The zero-order chi connectivity index (χ0) is 46.2. The van der Waals surface area contributed by atoms with Gasteiger partial charge in [-0.2, -0.15) is 0 Å². The summed E-state index contributed by atoms with van der Waals surface area (Å²) in [6, 6.07) is 0. The maximum atomic E-state index is 4.59. The molecule has 0 amide bonds. The molecule has 0 aromatic heterocycles. The Morgan fingerprint density at radius 1 is 0.692 bits per heavy atom. The van der Waals surface area contributed by atoms with Crippen LogP contribution < -0.4 is 5.32 Å². The van der Waals surface area contributed by atoms with Gasteiger partial charge in [-0.25, -0.2) is 0 Å². The van der Waals surface area contributed by atoms with Crippen molar-refractivity contribution in [1.82, 2.24) is 10.2 Å². The van der Waals surface area contributed by atoms with Crippen molar-refractivity contribution in [1.29, 1.82) is 0 Å². The second kappa shape index (κ2) is 30.6. The first kappa shape index (κ1) is 54.9. The molecular formula is C63H114N2. The number of nitrogens with zero attached hydrogens (tertiary/aromatic N) is 1. The fourth-order valence-corrected chi connectivity index (χ4v) is 15.2. The molecule has 65 heavy (non-hydrogen) atoms. The van der Waals surface area contributed by atoms with E-state index in [1.54, 1.807) is 0 Å². The molecule has 1 saturated heterocycles. The van der Waals surface area contributed by atoms with Crippen molar-refractivity contribution in [2.75, 3.05) is 26.2 Å². The first-order valence-corrected chi connectivity index (χ1v) is 30.1. The number of rotatable bonds is 35. The Bertz CT molecular complexity index is 1320. The summed E-state index contributed by atoms with van der Waals surface area (Å²) in [6.07, 6.45) is 60.3. The van der Waals surface area contributed by atoms with Crippen LogP contribution in [0.25, 0.3) is 0 Å². The predicted octanol–water partition coefficient (Wildman–Crippen LogP) is 19.4. The van der Waals surface area contributed by atoms with Crippen LogP contribution in [0.1, 0.15) is 279 Å². The average molecular weight is 900 g/mol. The van der Waals surface area contributed by atoms with E-state index in [4.69, 9.17) is 0 Å². The quantitative estimate of drug-likeness (QED) is 0.0504. The number of hydrogen-bond donors (Lipinski definition) is 1. The van der Waals surface area contributed by atoms with Crippen molar-refractivity contribution in [3.8, 4) is 0 Å². The number of nitrogens with one attached hydrogen (secondary N) is 1. The fraction of sp³-hybridized carbons (Fsp3) is 0.905. The number of hydrogen-bond acceptors (Lipinski definition) is 2. The lowest BCUT2D eigenvalue weighted by Crippen LogP contribution is -2.54. The van der Waals surface area contributed by atoms with Gasteiger partial charge in [0.25, 0.3) is 0 Å². The van der Waals surface area contributed by atoms with Crippen LogP contribution in [0.4, 0.5) is 0 Å². The molecule has 1 N–H and O–H groups in total. The minimum atomic E-state index is 0.420. The number of allylic oxidation sites excluding steroid dienone is 5. The molecule has 0 aromatic rings. The molecule has 4 fully saturated rings. The molecule has 0 bridgehead atoms. The van der Waals surface area contributed by atoms with Gasteiger partial charge in [-0.15, -0.1) is 0 Å². The monoisotopic (exact) mass is 899 g/mol. The van der Waals surface area contributed by atoms with E-state index < -0.39 is 0 Å².